The summed E-state index contributed by atoms with van der Waals surface area (Å²) in [4.78, 5) is 0. The molecule has 0 radical (unpaired) electrons. The lowest BCUT2D eigenvalue weighted by Gasteiger charge is -1.94. The molecule has 0 saturated heterocycles. The summed E-state index contributed by atoms with van der Waals surface area (Å²) in [7, 11) is 0. The first-order valence-electron chi connectivity index (χ1n) is 2.52. The first kappa shape index (κ1) is 5.76. The minimum Gasteiger partial charge on any atom is -0.468 e. The van der Waals surface area contributed by atoms with E-state index in [9.17, 15) is 0 Å². The van der Waals surface area contributed by atoms with E-state index in [4.69, 9.17) is 4.42 Å². The number of thiol groups is 1. The second kappa shape index (κ2) is 2.27. The van der Waals surface area contributed by atoms with Crippen molar-refractivity contribution in [2.75, 3.05) is 0 Å². The second-order valence-electron chi connectivity index (χ2n) is 1.69. The highest BCUT2D eigenvalue weighted by Gasteiger charge is 1.98. The zero-order valence-corrected chi connectivity index (χ0v) is 5.56. The van der Waals surface area contributed by atoms with Gasteiger partial charge in [-0.3, -0.25) is 0 Å². The lowest BCUT2D eigenvalue weighted by molar-refractivity contribution is 0.513. The summed E-state index contributed by atoms with van der Waals surface area (Å²) in [5.41, 5.74) is 0. The Morgan fingerprint density at radius 3 is 2.75 bits per heavy atom. The molecule has 0 amide bonds. The van der Waals surface area contributed by atoms with E-state index < -0.39 is 0 Å². The van der Waals surface area contributed by atoms with Gasteiger partial charge in [0.15, 0.2) is 0 Å². The van der Waals surface area contributed by atoms with Crippen LogP contribution in [0.4, 0.5) is 0 Å². The van der Waals surface area contributed by atoms with Crippen molar-refractivity contribution in [2.24, 2.45) is 0 Å². The molecule has 1 aromatic rings. The third kappa shape index (κ3) is 1.07. The summed E-state index contributed by atoms with van der Waals surface area (Å²) in [5, 5.41) is 0.213. The smallest absolute Gasteiger partial charge is 0.116 e. The maximum Gasteiger partial charge on any atom is 0.116 e. The molecule has 0 bridgehead atoms. The highest BCUT2D eigenvalue weighted by Crippen LogP contribution is 2.17. The average molecular weight is 128 g/mol. The van der Waals surface area contributed by atoms with Crippen LogP contribution < -0.4 is 0 Å². The molecule has 1 nitrogen and oxygen atoms in total. The van der Waals surface area contributed by atoms with Crippen molar-refractivity contribution >= 4 is 12.6 Å². The molecule has 44 valence electrons. The van der Waals surface area contributed by atoms with Crippen LogP contribution in [-0.4, -0.2) is 0 Å². The molecule has 8 heavy (non-hydrogen) atoms. The average Bonchev–Trinajstić information content (AvgIpc) is 2.12. The van der Waals surface area contributed by atoms with E-state index >= 15 is 0 Å². The number of hydrogen-bond acceptors (Lipinski definition) is 2. The van der Waals surface area contributed by atoms with Gasteiger partial charge < -0.3 is 4.42 Å². The summed E-state index contributed by atoms with van der Waals surface area (Å²) >= 11 is 4.16. The molecule has 1 rings (SSSR count). The minimum absolute atomic E-state index is 0.213. The third-order valence-corrected chi connectivity index (χ3v) is 1.21. The quantitative estimate of drug-likeness (QED) is 0.572. The van der Waals surface area contributed by atoms with Crippen LogP contribution in [0.2, 0.25) is 0 Å². The van der Waals surface area contributed by atoms with Crippen molar-refractivity contribution in [2.45, 2.75) is 12.2 Å². The van der Waals surface area contributed by atoms with Crippen LogP contribution in [0.15, 0.2) is 22.8 Å². The van der Waals surface area contributed by atoms with E-state index in [1.165, 1.54) is 0 Å². The minimum atomic E-state index is 0.213. The van der Waals surface area contributed by atoms with Gasteiger partial charge in [-0.25, -0.2) is 0 Å². The molecular formula is C6H8OS. The largest absolute Gasteiger partial charge is 0.468 e. The summed E-state index contributed by atoms with van der Waals surface area (Å²) < 4.78 is 5.02. The molecule has 0 aliphatic carbocycles. The molecule has 1 aromatic heterocycles. The highest BCUT2D eigenvalue weighted by atomic mass is 32.1. The summed E-state index contributed by atoms with van der Waals surface area (Å²) in [6.07, 6.45) is 1.65. The van der Waals surface area contributed by atoms with Gasteiger partial charge >= 0.3 is 0 Å². The maximum absolute atomic E-state index is 5.02. The van der Waals surface area contributed by atoms with E-state index in [0.717, 1.165) is 5.76 Å². The zero-order valence-electron chi connectivity index (χ0n) is 4.66. The van der Waals surface area contributed by atoms with Crippen LogP contribution >= 0.6 is 12.6 Å². The van der Waals surface area contributed by atoms with Crippen molar-refractivity contribution in [3.63, 3.8) is 0 Å². The van der Waals surface area contributed by atoms with Gasteiger partial charge in [0.05, 0.1) is 11.5 Å². The monoisotopic (exact) mass is 128 g/mol. The normalized spacial score (nSPS) is 13.8. The second-order valence-corrected chi connectivity index (χ2v) is 2.47. The lowest BCUT2D eigenvalue weighted by atomic mass is 10.4. The van der Waals surface area contributed by atoms with E-state index in [0.29, 0.717) is 0 Å². The van der Waals surface area contributed by atoms with Gasteiger partial charge in [0.1, 0.15) is 5.76 Å². The van der Waals surface area contributed by atoms with Crippen LogP contribution in [0, 0.1) is 0 Å². The van der Waals surface area contributed by atoms with E-state index in [1.54, 1.807) is 6.26 Å². The maximum atomic E-state index is 5.02. The van der Waals surface area contributed by atoms with E-state index in [2.05, 4.69) is 12.6 Å². The van der Waals surface area contributed by atoms with Gasteiger partial charge in [0, 0.05) is 0 Å². The van der Waals surface area contributed by atoms with Crippen molar-refractivity contribution < 1.29 is 4.42 Å². The zero-order chi connectivity index (χ0) is 5.98. The molecule has 0 saturated carbocycles. The van der Waals surface area contributed by atoms with Crippen LogP contribution in [0.1, 0.15) is 17.9 Å². The Balaban J connectivity index is 2.77. The first-order valence-corrected chi connectivity index (χ1v) is 3.04. The van der Waals surface area contributed by atoms with Gasteiger partial charge in [-0.15, -0.1) is 0 Å². The Hall–Kier alpha value is -0.370. The Morgan fingerprint density at radius 1 is 1.75 bits per heavy atom. The molecule has 0 aliphatic rings. The van der Waals surface area contributed by atoms with Crippen molar-refractivity contribution in [1.29, 1.82) is 0 Å². The fourth-order valence-electron chi connectivity index (χ4n) is 0.529. The SMILES string of the molecule is C[C@H](S)c1ccco1. The molecule has 0 fully saturated rings. The van der Waals surface area contributed by atoms with Gasteiger partial charge in [-0.1, -0.05) is 0 Å². The number of rotatable bonds is 1. The van der Waals surface area contributed by atoms with Gasteiger partial charge in [-0.05, 0) is 19.1 Å². The highest BCUT2D eigenvalue weighted by molar-refractivity contribution is 7.80. The molecule has 1 atom stereocenters. The molecule has 0 aromatic carbocycles. The van der Waals surface area contributed by atoms with Crippen LogP contribution in [-0.2, 0) is 0 Å². The van der Waals surface area contributed by atoms with Crippen molar-refractivity contribution in [3.05, 3.63) is 24.2 Å². The topological polar surface area (TPSA) is 13.1 Å². The third-order valence-electron chi connectivity index (χ3n) is 0.955. The van der Waals surface area contributed by atoms with Crippen molar-refractivity contribution in [1.82, 2.24) is 0 Å². The predicted octanol–water partition coefficient (Wildman–Crippen LogP) is 2.27. The van der Waals surface area contributed by atoms with Gasteiger partial charge in [0.25, 0.3) is 0 Å². The lowest BCUT2D eigenvalue weighted by Crippen LogP contribution is -1.75. The molecule has 1 heterocycles. The number of hydrogen-bond donors (Lipinski definition) is 1. The Labute approximate surface area is 54.1 Å². The summed E-state index contributed by atoms with van der Waals surface area (Å²) in [6.45, 7) is 1.97. The van der Waals surface area contributed by atoms with E-state index in [-0.39, 0.29) is 5.25 Å². The van der Waals surface area contributed by atoms with Crippen molar-refractivity contribution in [3.8, 4) is 0 Å². The van der Waals surface area contributed by atoms with Crippen LogP contribution in [0.25, 0.3) is 0 Å². The standard InChI is InChI=1S/C6H8OS/c1-5(8)6-3-2-4-7-6/h2-5,8H,1H3/t5-/m0/s1. The fraction of sp³-hybridized carbons (Fsp3) is 0.333. The molecule has 0 unspecified atom stereocenters. The summed E-state index contributed by atoms with van der Waals surface area (Å²) in [6, 6.07) is 3.78. The van der Waals surface area contributed by atoms with Crippen LogP contribution in [0.3, 0.4) is 0 Å². The number of furan rings is 1. The van der Waals surface area contributed by atoms with Gasteiger partial charge in [0.2, 0.25) is 0 Å². The first-order chi connectivity index (χ1) is 3.80. The van der Waals surface area contributed by atoms with E-state index in [1.807, 2.05) is 19.1 Å². The molecule has 2 heteroatoms. The predicted molar refractivity (Wildman–Crippen MR) is 36.1 cm³/mol. The molecule has 0 N–H and O–H groups in total. The fourth-order valence-corrected chi connectivity index (χ4v) is 0.676. The molecule has 0 spiro atoms. The Kier molecular flexibility index (Phi) is 1.63. The summed E-state index contributed by atoms with van der Waals surface area (Å²) in [5.74, 6) is 0.924. The Morgan fingerprint density at radius 2 is 2.50 bits per heavy atom. The molecule has 0 aliphatic heterocycles. The van der Waals surface area contributed by atoms with Gasteiger partial charge in [-0.2, -0.15) is 12.6 Å². The Bertz CT molecular complexity index is 144. The van der Waals surface area contributed by atoms with Crippen LogP contribution in [0.5, 0.6) is 0 Å². The molecular weight excluding hydrogens is 120 g/mol.